The van der Waals surface area contributed by atoms with E-state index in [0.717, 1.165) is 12.0 Å². The number of carboxylic acid groups (broad SMARTS) is 1. The topological polar surface area (TPSA) is 57.6 Å². The Kier molecular flexibility index (Phi) is 4.27. The highest BCUT2D eigenvalue weighted by Crippen LogP contribution is 2.28. The molecule has 0 saturated carbocycles. The van der Waals surface area contributed by atoms with E-state index in [1.54, 1.807) is 0 Å². The molecular formula is C14H15NO3S. The van der Waals surface area contributed by atoms with Gasteiger partial charge in [0.15, 0.2) is 0 Å². The molecule has 0 saturated heterocycles. The van der Waals surface area contributed by atoms with Crippen LogP contribution in [-0.4, -0.2) is 34.2 Å². The summed E-state index contributed by atoms with van der Waals surface area (Å²) < 4.78 is 0. The van der Waals surface area contributed by atoms with Gasteiger partial charge >= 0.3 is 5.97 Å². The highest BCUT2D eigenvalue weighted by molar-refractivity contribution is 8.03. The van der Waals surface area contributed by atoms with Crippen LogP contribution in [0.15, 0.2) is 29.7 Å². The number of thioether (sulfide) groups is 1. The largest absolute Gasteiger partial charge is 0.480 e. The van der Waals surface area contributed by atoms with Gasteiger partial charge in [-0.3, -0.25) is 14.5 Å². The molecule has 1 aliphatic heterocycles. The average molecular weight is 277 g/mol. The predicted molar refractivity (Wildman–Crippen MR) is 75.6 cm³/mol. The zero-order valence-corrected chi connectivity index (χ0v) is 11.4. The first kappa shape index (κ1) is 13.7. The van der Waals surface area contributed by atoms with Crippen LogP contribution in [-0.2, 0) is 16.0 Å². The lowest BCUT2D eigenvalue weighted by atomic mass is 10.1. The first-order valence-corrected chi connectivity index (χ1v) is 7.10. The Labute approximate surface area is 116 Å². The average Bonchev–Trinajstić information content (AvgIpc) is 2.41. The van der Waals surface area contributed by atoms with Crippen LogP contribution in [0, 0.1) is 0 Å². The number of rotatable bonds is 4. The quantitative estimate of drug-likeness (QED) is 0.916. The van der Waals surface area contributed by atoms with Gasteiger partial charge in [0, 0.05) is 0 Å². The minimum absolute atomic E-state index is 0.163. The van der Waals surface area contributed by atoms with Crippen molar-refractivity contribution in [1.82, 2.24) is 4.90 Å². The van der Waals surface area contributed by atoms with Crippen molar-refractivity contribution >= 4 is 29.3 Å². The number of aryl methyl sites for hydroxylation is 1. The number of hydrogen-bond donors (Lipinski definition) is 1. The Morgan fingerprint density at radius 3 is 2.63 bits per heavy atom. The van der Waals surface area contributed by atoms with Crippen molar-refractivity contribution < 1.29 is 14.7 Å². The van der Waals surface area contributed by atoms with Gasteiger partial charge in [0.1, 0.15) is 6.54 Å². The molecule has 0 fully saturated rings. The van der Waals surface area contributed by atoms with E-state index in [2.05, 4.69) is 6.92 Å². The molecule has 100 valence electrons. The summed E-state index contributed by atoms with van der Waals surface area (Å²) in [4.78, 5) is 24.0. The molecule has 5 heteroatoms. The molecule has 2 rings (SSSR count). The van der Waals surface area contributed by atoms with E-state index >= 15 is 0 Å². The first-order chi connectivity index (χ1) is 9.11. The van der Waals surface area contributed by atoms with Crippen molar-refractivity contribution in [2.75, 3.05) is 12.3 Å². The second-order valence-electron chi connectivity index (χ2n) is 4.24. The second-order valence-corrected chi connectivity index (χ2v) is 5.10. The van der Waals surface area contributed by atoms with Crippen LogP contribution < -0.4 is 0 Å². The maximum atomic E-state index is 11.8. The number of benzene rings is 1. The summed E-state index contributed by atoms with van der Waals surface area (Å²) in [5.41, 5.74) is 2.76. The summed E-state index contributed by atoms with van der Waals surface area (Å²) in [7, 11) is 0. The van der Waals surface area contributed by atoms with E-state index in [1.165, 1.54) is 22.2 Å². The van der Waals surface area contributed by atoms with Gasteiger partial charge in [0.2, 0.25) is 5.91 Å². The molecule has 0 aromatic heterocycles. The molecule has 0 radical (unpaired) electrons. The molecule has 1 aliphatic rings. The van der Waals surface area contributed by atoms with Crippen molar-refractivity contribution in [1.29, 1.82) is 0 Å². The molecule has 0 bridgehead atoms. The number of nitrogens with zero attached hydrogens (tertiary/aromatic N) is 1. The lowest BCUT2D eigenvalue weighted by molar-refractivity contribution is -0.141. The SMILES string of the molecule is CCc1ccc(C2=CSCC(=O)N2CC(=O)O)cc1. The third-order valence-corrected chi connectivity index (χ3v) is 3.75. The maximum Gasteiger partial charge on any atom is 0.323 e. The van der Waals surface area contributed by atoms with E-state index in [4.69, 9.17) is 5.11 Å². The van der Waals surface area contributed by atoms with E-state index in [-0.39, 0.29) is 12.5 Å². The second kappa shape index (κ2) is 5.93. The highest BCUT2D eigenvalue weighted by Gasteiger charge is 2.25. The molecule has 1 heterocycles. The van der Waals surface area contributed by atoms with Crippen molar-refractivity contribution in [3.63, 3.8) is 0 Å². The van der Waals surface area contributed by atoms with Crippen LogP contribution in [0.5, 0.6) is 0 Å². The van der Waals surface area contributed by atoms with Crippen molar-refractivity contribution in [2.24, 2.45) is 0 Å². The molecule has 1 amide bonds. The van der Waals surface area contributed by atoms with Crippen LogP contribution in [0.25, 0.3) is 5.70 Å². The zero-order chi connectivity index (χ0) is 13.8. The number of amides is 1. The number of carbonyl (C=O) groups is 2. The van der Waals surface area contributed by atoms with E-state index in [1.807, 2.05) is 29.7 Å². The van der Waals surface area contributed by atoms with Gasteiger partial charge in [0.05, 0.1) is 11.4 Å². The van der Waals surface area contributed by atoms with Crippen molar-refractivity contribution in [3.8, 4) is 0 Å². The lowest BCUT2D eigenvalue weighted by Gasteiger charge is -2.27. The van der Waals surface area contributed by atoms with Crippen molar-refractivity contribution in [3.05, 3.63) is 40.8 Å². The van der Waals surface area contributed by atoms with Gasteiger partial charge in [0.25, 0.3) is 0 Å². The number of hydrogen-bond acceptors (Lipinski definition) is 3. The Balaban J connectivity index is 2.30. The minimum Gasteiger partial charge on any atom is -0.480 e. The lowest BCUT2D eigenvalue weighted by Crippen LogP contribution is -2.37. The molecule has 4 nitrogen and oxygen atoms in total. The van der Waals surface area contributed by atoms with Crippen LogP contribution in [0.2, 0.25) is 0 Å². The molecule has 0 aliphatic carbocycles. The normalized spacial score (nSPS) is 15.3. The summed E-state index contributed by atoms with van der Waals surface area (Å²) in [6.45, 7) is 1.78. The third-order valence-electron chi connectivity index (χ3n) is 2.94. The van der Waals surface area contributed by atoms with Gasteiger partial charge in [-0.25, -0.2) is 0 Å². The van der Waals surface area contributed by atoms with Crippen LogP contribution in [0.3, 0.4) is 0 Å². The van der Waals surface area contributed by atoms with Gasteiger partial charge in [-0.2, -0.15) is 0 Å². The zero-order valence-electron chi connectivity index (χ0n) is 10.6. The monoisotopic (exact) mass is 277 g/mol. The van der Waals surface area contributed by atoms with Crippen LogP contribution >= 0.6 is 11.8 Å². The smallest absolute Gasteiger partial charge is 0.323 e. The van der Waals surface area contributed by atoms with E-state index in [0.29, 0.717) is 11.4 Å². The summed E-state index contributed by atoms with van der Waals surface area (Å²) in [6, 6.07) is 7.86. The number of carbonyl (C=O) groups excluding carboxylic acids is 1. The minimum atomic E-state index is -1.00. The third kappa shape index (κ3) is 3.17. The van der Waals surface area contributed by atoms with Gasteiger partial charge in [-0.15, -0.1) is 11.8 Å². The Hall–Kier alpha value is -1.75. The standard InChI is InChI=1S/C14H15NO3S/c1-2-10-3-5-11(6-4-10)12-8-19-9-13(16)15(12)7-14(17)18/h3-6,8H,2,7,9H2,1H3,(H,17,18). The molecule has 1 N–H and O–H groups in total. The summed E-state index contributed by atoms with van der Waals surface area (Å²) >= 11 is 1.40. The molecule has 0 spiro atoms. The fourth-order valence-corrected chi connectivity index (χ4v) is 2.71. The highest BCUT2D eigenvalue weighted by atomic mass is 32.2. The molecule has 0 atom stereocenters. The first-order valence-electron chi connectivity index (χ1n) is 6.05. The molecule has 0 unspecified atom stereocenters. The molecule has 19 heavy (non-hydrogen) atoms. The summed E-state index contributed by atoms with van der Waals surface area (Å²) in [5.74, 6) is -0.870. The van der Waals surface area contributed by atoms with Crippen LogP contribution in [0.1, 0.15) is 18.1 Å². The predicted octanol–water partition coefficient (Wildman–Crippen LogP) is 2.21. The number of carboxylic acids is 1. The van der Waals surface area contributed by atoms with Crippen molar-refractivity contribution in [2.45, 2.75) is 13.3 Å². The summed E-state index contributed by atoms with van der Waals surface area (Å²) in [5, 5.41) is 10.8. The maximum absolute atomic E-state index is 11.8. The fraction of sp³-hybridized carbons (Fsp3) is 0.286. The Morgan fingerprint density at radius 1 is 1.37 bits per heavy atom. The van der Waals surface area contributed by atoms with Crippen LogP contribution in [0.4, 0.5) is 0 Å². The van der Waals surface area contributed by atoms with E-state index < -0.39 is 5.97 Å². The molecule has 1 aromatic carbocycles. The van der Waals surface area contributed by atoms with E-state index in [9.17, 15) is 9.59 Å². The fourth-order valence-electron chi connectivity index (χ4n) is 1.91. The summed E-state index contributed by atoms with van der Waals surface area (Å²) in [6.07, 6.45) is 0.950. The molecular weight excluding hydrogens is 262 g/mol. The van der Waals surface area contributed by atoms with Gasteiger partial charge in [-0.1, -0.05) is 31.2 Å². The Bertz CT molecular complexity index is 522. The molecule has 1 aromatic rings. The van der Waals surface area contributed by atoms with Gasteiger partial charge in [-0.05, 0) is 23.0 Å². The Morgan fingerprint density at radius 2 is 2.05 bits per heavy atom. The van der Waals surface area contributed by atoms with Gasteiger partial charge < -0.3 is 5.11 Å². The number of aliphatic carboxylic acids is 1.